The Labute approximate surface area is 857 Å². The molecule has 144 heavy (non-hydrogen) atoms. The second-order valence-corrected chi connectivity index (χ2v) is 52.1. The highest BCUT2D eigenvalue weighted by molar-refractivity contribution is 7.92. The zero-order valence-corrected chi connectivity index (χ0v) is 89.4. The van der Waals surface area contributed by atoms with Crippen LogP contribution in [0.4, 0.5) is 22.0 Å². The number of epoxide rings is 2. The third kappa shape index (κ3) is 23.5. The first-order chi connectivity index (χ1) is 68.5. The van der Waals surface area contributed by atoms with Gasteiger partial charge < -0.3 is 40.1 Å². The van der Waals surface area contributed by atoms with E-state index in [4.69, 9.17) is 14.6 Å². The van der Waals surface area contributed by atoms with Crippen LogP contribution in [0, 0.1) is 150 Å². The Morgan fingerprint density at radius 1 is 0.389 bits per heavy atom. The van der Waals surface area contributed by atoms with Crippen molar-refractivity contribution < 1.29 is 83.7 Å². The second kappa shape index (κ2) is 45.4. The molecule has 6 N–H and O–H groups in total. The van der Waals surface area contributed by atoms with Crippen molar-refractivity contribution in [2.75, 3.05) is 26.1 Å². The number of sulfone groups is 2. The number of rotatable bonds is 22. The molecule has 2 heterocycles. The lowest BCUT2D eigenvalue weighted by molar-refractivity contribution is -0.0757. The smallest absolute Gasteiger partial charge is 0.181 e. The molecular weight excluding hydrogens is 1860 g/mol. The van der Waals surface area contributed by atoms with E-state index in [0.717, 1.165) is 189 Å². The summed E-state index contributed by atoms with van der Waals surface area (Å²) >= 11 is 0. The minimum atomic E-state index is -3.74. The van der Waals surface area contributed by atoms with Crippen LogP contribution in [0.2, 0.25) is 0 Å². The Hall–Kier alpha value is -7.34. The first kappa shape index (κ1) is 111. The van der Waals surface area contributed by atoms with Gasteiger partial charge in [-0.15, -0.1) is 0 Å². The van der Waals surface area contributed by atoms with Crippen molar-refractivity contribution in [3.05, 3.63) is 274 Å². The number of aliphatic hydroxyl groups is 6. The Balaban J connectivity index is 0.000000141. The molecule has 786 valence electrons. The number of aldehydes is 1. The number of allylic oxidation sites excluding steroid dienone is 3. The lowest BCUT2D eigenvalue weighted by Gasteiger charge is -2.59. The van der Waals surface area contributed by atoms with E-state index < -0.39 is 53.9 Å². The molecule has 12 aliphatic carbocycles. The van der Waals surface area contributed by atoms with Crippen molar-refractivity contribution in [2.24, 2.45) is 121 Å². The van der Waals surface area contributed by atoms with Crippen molar-refractivity contribution in [3.63, 3.8) is 0 Å². The first-order valence-corrected chi connectivity index (χ1v) is 57.8. The molecule has 7 aromatic carbocycles. The van der Waals surface area contributed by atoms with Crippen LogP contribution in [0.3, 0.4) is 0 Å². The average molecular weight is 2020 g/mol. The number of halogens is 5. The predicted octanol–water partition coefficient (Wildman–Crippen LogP) is 28.3. The van der Waals surface area contributed by atoms with Crippen molar-refractivity contribution in [3.8, 4) is 0 Å². The maximum absolute atomic E-state index is 14.3. The van der Waals surface area contributed by atoms with E-state index in [1.165, 1.54) is 142 Å². The molecule has 0 aromatic heterocycles. The molecule has 14 aliphatic rings. The predicted molar refractivity (Wildman–Crippen MR) is 561 cm³/mol. The number of carbonyl (C=O) groups is 1. The maximum Gasteiger partial charge on any atom is 0.181 e. The Morgan fingerprint density at radius 2 is 0.715 bits per heavy atom. The zero-order chi connectivity index (χ0) is 103. The fourth-order valence-corrected chi connectivity index (χ4v) is 35.4. The normalized spacial score (nSPS) is 35.5. The molecule has 13 nitrogen and oxygen atoms in total. The van der Waals surface area contributed by atoms with Crippen LogP contribution in [0.5, 0.6) is 0 Å². The molecule has 2 aliphatic heterocycles. The lowest BCUT2D eigenvalue weighted by Crippen LogP contribution is -2.53. The van der Waals surface area contributed by atoms with Gasteiger partial charge in [-0.05, 0) is 433 Å². The topological polar surface area (TPSA) is 232 Å². The third-order valence-electron chi connectivity index (χ3n) is 40.6. The summed E-state index contributed by atoms with van der Waals surface area (Å²) in [5, 5.41) is 61.4. The van der Waals surface area contributed by atoms with Crippen LogP contribution in [-0.2, 0) is 29.1 Å². The summed E-state index contributed by atoms with van der Waals surface area (Å²) in [6.07, 6.45) is 38.2. The van der Waals surface area contributed by atoms with Gasteiger partial charge in [0.25, 0.3) is 0 Å². The Bertz CT molecular complexity index is 5710. The molecule has 0 bridgehead atoms. The van der Waals surface area contributed by atoms with Gasteiger partial charge in [0.15, 0.2) is 19.7 Å². The van der Waals surface area contributed by atoms with Crippen molar-refractivity contribution in [1.29, 1.82) is 0 Å². The van der Waals surface area contributed by atoms with Crippen LogP contribution in [-0.4, -0.2) is 102 Å². The number of ether oxygens (including phenoxy) is 2. The highest BCUT2D eigenvalue weighted by atomic mass is 32.2. The summed E-state index contributed by atoms with van der Waals surface area (Å²) in [5.74, 6) is 7.21. The van der Waals surface area contributed by atoms with Crippen LogP contribution in [0.25, 0.3) is 0 Å². The summed E-state index contributed by atoms with van der Waals surface area (Å²) < 4.78 is 129. The fraction of sp³-hybridized carbons (Fsp3) is 0.605. The van der Waals surface area contributed by atoms with Crippen LogP contribution in [0.1, 0.15) is 333 Å². The molecule has 20 heteroatoms. The largest absolute Gasteiger partial charge is 0.400 e. The van der Waals surface area contributed by atoms with E-state index in [1.54, 1.807) is 90.5 Å². The van der Waals surface area contributed by atoms with Crippen molar-refractivity contribution in [1.82, 2.24) is 0 Å². The summed E-state index contributed by atoms with van der Waals surface area (Å²) in [5.41, 5.74) is 8.40. The number of benzene rings is 7. The highest BCUT2D eigenvalue weighted by Crippen LogP contribution is 2.73. The van der Waals surface area contributed by atoms with E-state index in [9.17, 15) is 69.1 Å². The first-order valence-electron chi connectivity index (χ1n) is 54.6. The number of hydrogen-bond donors (Lipinski definition) is 6. The molecule has 2 saturated heterocycles. The van der Waals surface area contributed by atoms with Crippen LogP contribution < -0.4 is 0 Å². The molecule has 0 spiro atoms. The van der Waals surface area contributed by atoms with E-state index in [0.29, 0.717) is 80.0 Å². The summed E-state index contributed by atoms with van der Waals surface area (Å²) in [7, 11) is -6.00. The SMILES string of the molecule is CC[C@]1(O)CC[C@@]2(C)C(=CC[C@H]3[C@@H]4CC[C@H]([C@H](C)C(C[C@H](O)c5ccc(F)cc5)S(=O)(=O)c5ccccc5)[C@@]4(C)CC[C@@H]32)C1.CC[C@]1(O)CC[C@@]2(C)C(=CC[C@H]3[C@@H]4CC[C@H]([C@H](C)CC[C@H](O)c5ccc(F)cc5)[C@@]4(C)CC[C@@H]32)C1.CC[C@]1(O)CC[C@@]2(C)C(=CC[C@H]3[C@@H]4CC[C@H]([C@H](C)CS(=O)(=O)c5ccccc5)[C@@]4(C)CC[C@@H]32)C1.CO.Fc1ccc(C2CO2)cc1.Fc1ccc([C@@H]2CO2)cc1.O=Cc1ccc(F)cc1. The van der Waals surface area contributed by atoms with Gasteiger partial charge >= 0.3 is 0 Å². The highest BCUT2D eigenvalue weighted by Gasteiger charge is 2.65. The molecule has 29 atom stereocenters. The van der Waals surface area contributed by atoms with Gasteiger partial charge in [0.1, 0.15) is 47.6 Å². The van der Waals surface area contributed by atoms with E-state index >= 15 is 0 Å². The standard InChI is InChI=1S/C38H51FO4S.C32H47FO2.C30H44O3S.2C8H7FO.C7H5FO.CH4O/c1-5-38(41)22-21-36(3)27(24-38)13-16-30-32-18-17-31(37(32,4)20-19-33(30)36)25(2)35(44(42,43)29-9-7-6-8-10-29)23-34(40)26-11-14-28(39)15-12-26;1-5-32(35)19-18-30(3)23(20-32)9-12-25-27-14-13-26(31(27,4)17-16-28(25)30)21(2)6-15-29(34)22-7-10-24(33)11-8-22;1-5-30(31)18-17-28(3)22(19-30)11-12-24-26-14-13-25(29(26,4)16-15-27(24)28)21(2)20-34(32,33)23-9-7-6-8-10-23;2*9-7-3-1-6(2-4-7)8-5-10-8;8-7-3-1-6(5-9)2-4-7;1-2/h6-15,25,30-35,40-41H,5,16-24H2,1-4H3;7-11,21,25-29,34-35H,5-6,12-20H2,1-4H3;6-11,21,24-27,31H,5,12-20H2,1-4H3;2*1-4,8H,5H2;1-5H;2H,1H3/t25-,30-,31+,32-,33-,34-,35?,36-,37+,38-;21-,25+,26-,27+,28+,29+,30+,31-,32+;21-,24+,25-,26+,27+,28+,29-,30+;8-;;;/m0110.../s1. The van der Waals surface area contributed by atoms with Gasteiger partial charge in [0.05, 0.1) is 63.0 Å². The van der Waals surface area contributed by atoms with Crippen LogP contribution >= 0.6 is 0 Å². The van der Waals surface area contributed by atoms with Crippen molar-refractivity contribution >= 4 is 26.0 Å². The van der Waals surface area contributed by atoms with Gasteiger partial charge in [-0.2, -0.15) is 0 Å². The fourth-order valence-electron chi connectivity index (χ4n) is 31.6. The van der Waals surface area contributed by atoms with Crippen LogP contribution in [0.15, 0.2) is 227 Å². The number of hydrogen-bond acceptors (Lipinski definition) is 13. The van der Waals surface area contributed by atoms with Crippen molar-refractivity contribution in [2.45, 2.75) is 332 Å². The lowest BCUT2D eigenvalue weighted by atomic mass is 9.46. The summed E-state index contributed by atoms with van der Waals surface area (Å²) in [6, 6.07) is 48.0. The van der Waals surface area contributed by atoms with Gasteiger partial charge in [-0.3, -0.25) is 4.79 Å². The summed E-state index contributed by atoms with van der Waals surface area (Å²) in [4.78, 5) is 10.8. The van der Waals surface area contributed by atoms with Gasteiger partial charge in [0.2, 0.25) is 0 Å². The second-order valence-electron chi connectivity index (χ2n) is 47.9. The number of fused-ring (bicyclic) bond motifs is 15. The quantitative estimate of drug-likeness (QED) is 0.0161. The molecular formula is C124H165F5O13S2. The minimum Gasteiger partial charge on any atom is -0.400 e. The van der Waals surface area contributed by atoms with E-state index in [1.807, 2.05) is 24.3 Å². The minimum absolute atomic E-state index is 0.0341. The third-order valence-corrected chi connectivity index (χ3v) is 44.9. The number of carbonyl (C=O) groups excluding carboxylic acids is 1. The average Bonchev–Trinajstić information content (AvgIpc) is 1.45. The van der Waals surface area contributed by atoms with Gasteiger partial charge in [-0.1, -0.05) is 203 Å². The van der Waals surface area contributed by atoms with E-state index in [-0.39, 0.29) is 98.3 Å². The zero-order valence-electron chi connectivity index (χ0n) is 87.8. The molecule has 11 fully saturated rings. The number of aliphatic hydroxyl groups excluding tert-OH is 3. The maximum atomic E-state index is 14.3. The van der Waals surface area contributed by atoms with E-state index in [2.05, 4.69) is 101 Å². The van der Waals surface area contributed by atoms with Gasteiger partial charge in [0, 0.05) is 12.7 Å². The molecule has 0 radical (unpaired) electrons. The summed E-state index contributed by atoms with van der Waals surface area (Å²) in [6.45, 7) is 29.7. The molecule has 9 saturated carbocycles. The Kier molecular flexibility index (Phi) is 35.0. The Morgan fingerprint density at radius 3 is 1.07 bits per heavy atom. The van der Waals surface area contributed by atoms with Gasteiger partial charge in [-0.25, -0.2) is 38.8 Å². The molecule has 21 rings (SSSR count). The molecule has 7 aromatic rings. The molecule has 2 unspecified atom stereocenters. The monoisotopic (exact) mass is 2020 g/mol. The molecule has 0 amide bonds.